The summed E-state index contributed by atoms with van der Waals surface area (Å²) in [4.78, 5) is 19.4. The molecule has 0 unspecified atom stereocenters. The summed E-state index contributed by atoms with van der Waals surface area (Å²) in [5, 5.41) is 3.67. The van der Waals surface area contributed by atoms with Gasteiger partial charge in [-0.1, -0.05) is 25.0 Å². The maximum absolute atomic E-state index is 13.0. The number of nitrogens with one attached hydrogen (secondary N) is 1. The number of hydrogen-bond donors (Lipinski definition) is 1. The molecular weight excluding hydrogens is 369 g/mol. The predicted octanol–water partition coefficient (Wildman–Crippen LogP) is 4.77. The van der Waals surface area contributed by atoms with Crippen LogP contribution in [-0.2, 0) is 4.79 Å². The molecule has 29 heavy (non-hydrogen) atoms. The third-order valence-corrected chi connectivity index (χ3v) is 5.09. The Balaban J connectivity index is 1.48. The Labute approximate surface area is 169 Å². The zero-order chi connectivity index (χ0) is 20.1. The van der Waals surface area contributed by atoms with Crippen molar-refractivity contribution in [2.45, 2.75) is 25.7 Å². The van der Waals surface area contributed by atoms with Gasteiger partial charge in [-0.3, -0.25) is 4.79 Å². The predicted molar refractivity (Wildman–Crippen MR) is 113 cm³/mol. The van der Waals surface area contributed by atoms with E-state index in [2.05, 4.69) is 16.3 Å². The third kappa shape index (κ3) is 4.83. The van der Waals surface area contributed by atoms with Crippen molar-refractivity contribution < 1.29 is 13.9 Å². The average Bonchev–Trinajstić information content (AvgIpc) is 3.03. The molecule has 0 aliphatic carbocycles. The van der Waals surface area contributed by atoms with Crippen molar-refractivity contribution in [2.24, 2.45) is 0 Å². The molecule has 0 atom stereocenters. The van der Waals surface area contributed by atoms with Crippen LogP contribution in [0.25, 0.3) is 10.9 Å². The number of halogens is 1. The Morgan fingerprint density at radius 1 is 1.00 bits per heavy atom. The van der Waals surface area contributed by atoms with Gasteiger partial charge in [-0.15, -0.1) is 0 Å². The zero-order valence-electron chi connectivity index (χ0n) is 16.2. The second-order valence-corrected chi connectivity index (χ2v) is 7.24. The third-order valence-electron chi connectivity index (χ3n) is 5.09. The number of benzene rings is 2. The molecule has 0 spiro atoms. The quantitative estimate of drug-likeness (QED) is 0.678. The number of carbonyl (C=O) groups is 1. The molecule has 6 heteroatoms. The Bertz CT molecular complexity index is 983. The lowest BCUT2D eigenvalue weighted by molar-refractivity contribution is -0.118. The highest BCUT2D eigenvalue weighted by Crippen LogP contribution is 2.27. The highest BCUT2D eigenvalue weighted by atomic mass is 19.1. The number of anilines is 2. The molecule has 1 saturated heterocycles. The summed E-state index contributed by atoms with van der Waals surface area (Å²) in [5.74, 6) is 0.873. The Morgan fingerprint density at radius 3 is 2.52 bits per heavy atom. The lowest BCUT2D eigenvalue weighted by Crippen LogP contribution is -2.24. The molecule has 4 rings (SSSR count). The van der Waals surface area contributed by atoms with Gasteiger partial charge in [-0.25, -0.2) is 9.37 Å². The Kier molecular flexibility index (Phi) is 5.89. The van der Waals surface area contributed by atoms with E-state index in [1.807, 2.05) is 24.3 Å². The van der Waals surface area contributed by atoms with Crippen molar-refractivity contribution in [1.29, 1.82) is 0 Å². The van der Waals surface area contributed by atoms with Crippen LogP contribution in [0.15, 0.2) is 54.6 Å². The van der Waals surface area contributed by atoms with Gasteiger partial charge in [0.1, 0.15) is 22.9 Å². The Hall–Kier alpha value is -3.15. The maximum Gasteiger partial charge on any atom is 0.262 e. The summed E-state index contributed by atoms with van der Waals surface area (Å²) in [6.45, 7) is 1.88. The number of carbonyl (C=O) groups excluding carboxylic acids is 1. The lowest BCUT2D eigenvalue weighted by atomic mass is 10.2. The van der Waals surface area contributed by atoms with E-state index < -0.39 is 0 Å². The van der Waals surface area contributed by atoms with E-state index in [1.54, 1.807) is 0 Å². The van der Waals surface area contributed by atoms with Crippen LogP contribution < -0.4 is 15.0 Å². The molecule has 0 radical (unpaired) electrons. The molecule has 5 nitrogen and oxygen atoms in total. The van der Waals surface area contributed by atoms with Gasteiger partial charge in [0, 0.05) is 24.2 Å². The molecule has 0 saturated carbocycles. The van der Waals surface area contributed by atoms with Gasteiger partial charge in [0.15, 0.2) is 6.61 Å². The van der Waals surface area contributed by atoms with Crippen molar-refractivity contribution in [2.75, 3.05) is 29.9 Å². The van der Waals surface area contributed by atoms with E-state index in [1.165, 1.54) is 49.9 Å². The van der Waals surface area contributed by atoms with Gasteiger partial charge in [-0.05, 0) is 55.3 Å². The number of nitrogens with zero attached hydrogens (tertiary/aromatic N) is 2. The second-order valence-electron chi connectivity index (χ2n) is 7.24. The van der Waals surface area contributed by atoms with Crippen LogP contribution in [0.1, 0.15) is 25.7 Å². The van der Waals surface area contributed by atoms with Crippen LogP contribution in [0.3, 0.4) is 0 Å². The smallest absolute Gasteiger partial charge is 0.262 e. The summed E-state index contributed by atoms with van der Waals surface area (Å²) in [5.41, 5.74) is 1.28. The van der Waals surface area contributed by atoms with Crippen LogP contribution in [0.4, 0.5) is 15.9 Å². The first kappa shape index (κ1) is 19.2. The fourth-order valence-corrected chi connectivity index (χ4v) is 3.58. The second kappa shape index (κ2) is 8.90. The lowest BCUT2D eigenvalue weighted by Gasteiger charge is -2.22. The molecular formula is C23H24FN3O2. The molecule has 1 aromatic heterocycles. The molecule has 2 heterocycles. The first-order chi connectivity index (χ1) is 14.2. The van der Waals surface area contributed by atoms with Crippen LogP contribution in [0.5, 0.6) is 5.75 Å². The van der Waals surface area contributed by atoms with Gasteiger partial charge in [-0.2, -0.15) is 0 Å². The molecule has 1 aliphatic rings. The normalized spacial score (nSPS) is 14.4. The number of fused-ring (bicyclic) bond motifs is 1. The van der Waals surface area contributed by atoms with Gasteiger partial charge in [0.2, 0.25) is 0 Å². The summed E-state index contributed by atoms with van der Waals surface area (Å²) >= 11 is 0. The topological polar surface area (TPSA) is 54.5 Å². The van der Waals surface area contributed by atoms with Crippen molar-refractivity contribution in [1.82, 2.24) is 4.98 Å². The summed E-state index contributed by atoms with van der Waals surface area (Å²) in [7, 11) is 0. The van der Waals surface area contributed by atoms with Crippen molar-refractivity contribution >= 4 is 28.3 Å². The molecule has 1 fully saturated rings. The van der Waals surface area contributed by atoms with Gasteiger partial charge >= 0.3 is 0 Å². The molecule has 1 aliphatic heterocycles. The van der Waals surface area contributed by atoms with Crippen LogP contribution in [-0.4, -0.2) is 30.6 Å². The van der Waals surface area contributed by atoms with Gasteiger partial charge in [0.25, 0.3) is 5.91 Å². The van der Waals surface area contributed by atoms with Crippen LogP contribution >= 0.6 is 0 Å². The minimum absolute atomic E-state index is 0.147. The maximum atomic E-state index is 13.0. The molecule has 150 valence electrons. The summed E-state index contributed by atoms with van der Waals surface area (Å²) in [6, 6.07) is 15.4. The zero-order valence-corrected chi connectivity index (χ0v) is 16.2. The van der Waals surface area contributed by atoms with Crippen molar-refractivity contribution in [3.05, 3.63) is 60.4 Å². The Morgan fingerprint density at radius 2 is 1.76 bits per heavy atom. The molecule has 1 amide bonds. The number of hydrogen-bond acceptors (Lipinski definition) is 4. The molecule has 1 N–H and O–H groups in total. The molecule has 2 aromatic carbocycles. The highest BCUT2D eigenvalue weighted by molar-refractivity contribution is 5.92. The fraction of sp³-hybridized carbons (Fsp3) is 0.304. The molecule has 3 aromatic rings. The number of amides is 1. The average molecular weight is 393 g/mol. The van der Waals surface area contributed by atoms with Gasteiger partial charge < -0.3 is 15.0 Å². The monoisotopic (exact) mass is 393 g/mol. The number of pyridine rings is 1. The van der Waals surface area contributed by atoms with Crippen molar-refractivity contribution in [3.8, 4) is 5.75 Å². The first-order valence-electron chi connectivity index (χ1n) is 10.0. The SMILES string of the molecule is O=C(COc1cccc2ccc(N3CCCCCC3)nc12)Nc1ccc(F)cc1. The fourth-order valence-electron chi connectivity index (χ4n) is 3.58. The van der Waals surface area contributed by atoms with Crippen molar-refractivity contribution in [3.63, 3.8) is 0 Å². The van der Waals surface area contributed by atoms with E-state index in [4.69, 9.17) is 9.72 Å². The largest absolute Gasteiger partial charge is 0.481 e. The molecule has 0 bridgehead atoms. The van der Waals surface area contributed by atoms with E-state index >= 15 is 0 Å². The number of ether oxygens (including phenoxy) is 1. The van der Waals surface area contributed by atoms with E-state index in [0.29, 0.717) is 11.4 Å². The van der Waals surface area contributed by atoms with Crippen LogP contribution in [0, 0.1) is 5.82 Å². The number of para-hydroxylation sites is 1. The minimum Gasteiger partial charge on any atom is -0.481 e. The standard InChI is InChI=1S/C23H24FN3O2/c24-18-9-11-19(12-10-18)25-22(28)16-29-20-7-5-6-17-8-13-21(26-23(17)20)27-14-3-1-2-4-15-27/h5-13H,1-4,14-16H2,(H,25,28). The number of rotatable bonds is 5. The summed E-state index contributed by atoms with van der Waals surface area (Å²) < 4.78 is 18.8. The first-order valence-corrected chi connectivity index (χ1v) is 10.0. The van der Waals surface area contributed by atoms with E-state index in [-0.39, 0.29) is 18.3 Å². The minimum atomic E-state index is -0.346. The summed E-state index contributed by atoms with van der Waals surface area (Å²) in [6.07, 6.45) is 4.89. The van der Waals surface area contributed by atoms with Crippen LogP contribution in [0.2, 0.25) is 0 Å². The highest BCUT2D eigenvalue weighted by Gasteiger charge is 2.13. The van der Waals surface area contributed by atoms with E-state index in [9.17, 15) is 9.18 Å². The van der Waals surface area contributed by atoms with E-state index in [0.717, 1.165) is 29.8 Å². The van der Waals surface area contributed by atoms with Gasteiger partial charge in [0.05, 0.1) is 0 Å². The number of aromatic nitrogens is 1.